The van der Waals surface area contributed by atoms with Crippen LogP contribution in [0.3, 0.4) is 0 Å². The van der Waals surface area contributed by atoms with E-state index in [9.17, 15) is 121 Å². The highest BCUT2D eigenvalue weighted by atomic mass is 16.8. The van der Waals surface area contributed by atoms with Crippen LogP contribution in [0.5, 0.6) is 0 Å². The predicted octanol–water partition coefficient (Wildman–Crippen LogP) is -1.10. The van der Waals surface area contributed by atoms with Gasteiger partial charge in [-0.1, -0.05) is 192 Å². The number of allylic oxidation sites excluding steroid dienone is 3. The summed E-state index contributed by atoms with van der Waals surface area (Å²) in [6.07, 6.45) is -16.5. The summed E-state index contributed by atoms with van der Waals surface area (Å²) in [5, 5.41) is 231. The minimum atomic E-state index is -3.03. The van der Waals surface area contributed by atoms with E-state index in [0.29, 0.717) is 12.8 Å². The van der Waals surface area contributed by atoms with E-state index in [1.54, 1.807) is 6.08 Å². The molecule has 0 aliphatic carbocycles. The van der Waals surface area contributed by atoms with Crippen molar-refractivity contribution in [2.45, 2.75) is 441 Å². The van der Waals surface area contributed by atoms with Crippen LogP contribution in [0.15, 0.2) is 24.3 Å². The molecule has 6 fully saturated rings. The molecule has 6 aliphatic heterocycles. The normalized spacial score (nSPS) is 35.3. The Morgan fingerprint density at radius 2 is 0.823 bits per heavy atom. The topological polar surface area (TPSA) is 620 Å². The number of aliphatic hydroxyl groups excluding tert-OH is 19. The fourth-order valence-electron chi connectivity index (χ4n) is 16.4. The smallest absolute Gasteiger partial charge is 0.364 e. The Hall–Kier alpha value is -3.88. The fraction of sp³-hybridized carbons (Fsp3) is 0.906. The largest absolute Gasteiger partial charge is 0.477 e. The van der Waals surface area contributed by atoms with Gasteiger partial charge in [-0.15, -0.1) is 0 Å². The Bertz CT molecular complexity index is 3000. The van der Waals surface area contributed by atoms with Crippen LogP contribution in [0, 0.1) is 0 Å². The molecule has 722 valence electrons. The summed E-state index contributed by atoms with van der Waals surface area (Å²) in [5.74, 6) is -7.14. The molecule has 33 atom stereocenters. The van der Waals surface area contributed by atoms with E-state index >= 15 is 0 Å². The molecule has 6 heterocycles. The maximum atomic E-state index is 13.6. The van der Waals surface area contributed by atoms with E-state index in [1.165, 1.54) is 122 Å². The molecule has 39 nitrogen and oxygen atoms in total. The van der Waals surface area contributed by atoms with E-state index in [4.69, 9.17) is 56.8 Å². The van der Waals surface area contributed by atoms with Crippen LogP contribution >= 0.6 is 0 Å². The van der Waals surface area contributed by atoms with Crippen LogP contribution in [0.2, 0.25) is 0 Å². The zero-order chi connectivity index (χ0) is 91.0. The number of rotatable bonds is 60. The van der Waals surface area contributed by atoms with Gasteiger partial charge in [-0.2, -0.15) is 0 Å². The quantitative estimate of drug-likeness (QED) is 0.0254. The Morgan fingerprint density at radius 1 is 0.427 bits per heavy atom. The second kappa shape index (κ2) is 58.1. The molecule has 39 heteroatoms. The van der Waals surface area contributed by atoms with Gasteiger partial charge in [-0.25, -0.2) is 4.79 Å². The molecule has 6 aliphatic rings. The fourth-order valence-corrected chi connectivity index (χ4v) is 16.4. The number of carbonyl (C=O) groups is 4. The highest BCUT2D eigenvalue weighted by Gasteiger charge is 2.60. The van der Waals surface area contributed by atoms with E-state index < -0.39 is 272 Å². The maximum Gasteiger partial charge on any atom is 0.364 e. The van der Waals surface area contributed by atoms with Gasteiger partial charge >= 0.3 is 5.97 Å². The van der Waals surface area contributed by atoms with Gasteiger partial charge in [-0.05, 0) is 44.9 Å². The summed E-state index contributed by atoms with van der Waals surface area (Å²) in [4.78, 5) is 51.8. The van der Waals surface area contributed by atoms with Crippen molar-refractivity contribution in [3.05, 3.63) is 24.3 Å². The Kier molecular flexibility index (Phi) is 51.0. The first-order valence-electron chi connectivity index (χ1n) is 45.2. The average Bonchev–Trinajstić information content (AvgIpc) is 0.770. The first-order valence-corrected chi connectivity index (χ1v) is 45.2. The summed E-state index contributed by atoms with van der Waals surface area (Å²) in [5.41, 5.74) is 0. The molecule has 0 aromatic rings. The first kappa shape index (κ1) is 109. The minimum Gasteiger partial charge on any atom is -0.477 e. The van der Waals surface area contributed by atoms with Crippen molar-refractivity contribution in [3.8, 4) is 0 Å². The molecule has 0 saturated carbocycles. The van der Waals surface area contributed by atoms with Crippen molar-refractivity contribution in [1.29, 1.82) is 0 Å². The van der Waals surface area contributed by atoms with Gasteiger partial charge in [0.15, 0.2) is 31.5 Å². The van der Waals surface area contributed by atoms with Crippen LogP contribution in [0.1, 0.15) is 240 Å². The van der Waals surface area contributed by atoms with E-state index in [0.717, 1.165) is 78.1 Å². The lowest BCUT2D eigenvalue weighted by molar-refractivity contribution is -0.390. The third-order valence-corrected chi connectivity index (χ3v) is 23.9. The van der Waals surface area contributed by atoms with Gasteiger partial charge < -0.3 is 175 Å². The SMILES string of the molecule is CCCCCCCC/C=C\CCCCCCCCCCCCCC(=O)N[C@@H](CO[C@@H]1OC(CO)[C@@H](O[C@@H]2OC(CO)[C@H](O)[C@H](O[C@H]3OC(CO)[C@H](O)[C@H](O[C@@H]4OC(CO)[C@H](O)[C@H](O[C@@H]5OC(CO[C@]6(C(=O)O)CC(O)[C@@H](NC(C)=O)C([C@H](O)[C@H](O)CO)O6)[C@H](O)[C@H](O)C5O)C4NC(C)=O)C3O)C2O)[C@H](O)C1O)[C@H](O)/C=C/CCCCCCCCCCCCC. The zero-order valence-electron chi connectivity index (χ0n) is 72.5. The summed E-state index contributed by atoms with van der Waals surface area (Å²) >= 11 is 0. The van der Waals surface area contributed by atoms with Crippen LogP contribution in [-0.2, 0) is 76.0 Å². The second-order valence-electron chi connectivity index (χ2n) is 33.9. The molecule has 0 bridgehead atoms. The molecule has 0 spiro atoms. The Labute approximate surface area is 727 Å². The molecule has 0 radical (unpaired) electrons. The maximum absolute atomic E-state index is 13.6. The Balaban J connectivity index is 1.09. The lowest BCUT2D eigenvalue weighted by atomic mass is 9.88. The van der Waals surface area contributed by atoms with Crippen molar-refractivity contribution < 1.29 is 178 Å². The van der Waals surface area contributed by atoms with Gasteiger partial charge in [0.25, 0.3) is 5.79 Å². The van der Waals surface area contributed by atoms with Gasteiger partial charge in [0, 0.05) is 26.7 Å². The Morgan fingerprint density at radius 3 is 1.29 bits per heavy atom. The number of carbonyl (C=O) groups excluding carboxylic acids is 3. The van der Waals surface area contributed by atoms with Crippen LogP contribution in [-0.4, -0.2) is 374 Å². The van der Waals surface area contributed by atoms with Gasteiger partial charge in [0.1, 0.15) is 140 Å². The number of carboxylic acid groups (broad SMARTS) is 1. The lowest BCUT2D eigenvalue weighted by Gasteiger charge is -2.50. The van der Waals surface area contributed by atoms with Crippen molar-refractivity contribution in [2.24, 2.45) is 0 Å². The van der Waals surface area contributed by atoms with Crippen LogP contribution in [0.25, 0.3) is 0 Å². The zero-order valence-corrected chi connectivity index (χ0v) is 72.5. The number of carboxylic acids is 1. The number of amides is 3. The predicted molar refractivity (Wildman–Crippen MR) is 439 cm³/mol. The molecule has 0 aromatic carbocycles. The molecule has 124 heavy (non-hydrogen) atoms. The van der Waals surface area contributed by atoms with Crippen molar-refractivity contribution in [3.63, 3.8) is 0 Å². The van der Waals surface area contributed by atoms with Gasteiger partial charge in [0.05, 0.1) is 70.5 Å². The molecular weight excluding hydrogens is 1640 g/mol. The van der Waals surface area contributed by atoms with Crippen molar-refractivity contribution >= 4 is 23.7 Å². The number of hydrogen-bond donors (Lipinski definition) is 23. The van der Waals surface area contributed by atoms with Gasteiger partial charge in [0.2, 0.25) is 17.7 Å². The molecule has 6 rings (SSSR count). The van der Waals surface area contributed by atoms with Crippen molar-refractivity contribution in [2.75, 3.05) is 46.2 Å². The van der Waals surface area contributed by atoms with E-state index in [-0.39, 0.29) is 12.3 Å². The molecule has 3 amide bonds. The molecule has 6 saturated heterocycles. The van der Waals surface area contributed by atoms with Gasteiger partial charge in [-0.3, -0.25) is 14.4 Å². The average molecular weight is 1790 g/mol. The summed E-state index contributed by atoms with van der Waals surface area (Å²) in [6.45, 7) is -0.587. The monoisotopic (exact) mass is 1790 g/mol. The molecule has 23 N–H and O–H groups in total. The number of nitrogens with one attached hydrogen (secondary N) is 3. The summed E-state index contributed by atoms with van der Waals surface area (Å²) in [6, 6.07) is -4.65. The summed E-state index contributed by atoms with van der Waals surface area (Å²) in [7, 11) is 0. The van der Waals surface area contributed by atoms with E-state index in [2.05, 4.69) is 41.9 Å². The number of ether oxygens (including phenoxy) is 12. The molecule has 12 unspecified atom stereocenters. The highest BCUT2D eigenvalue weighted by molar-refractivity contribution is 5.77. The number of unbranched alkanes of at least 4 members (excludes halogenated alkanes) is 28. The highest BCUT2D eigenvalue weighted by Crippen LogP contribution is 2.39. The third-order valence-electron chi connectivity index (χ3n) is 23.9. The van der Waals surface area contributed by atoms with Crippen LogP contribution in [0.4, 0.5) is 0 Å². The molecular formula is C85H151N3O36. The number of hydrogen-bond acceptors (Lipinski definition) is 35. The number of aliphatic carboxylic acids is 1. The third kappa shape index (κ3) is 33.7. The summed E-state index contributed by atoms with van der Waals surface area (Å²) < 4.78 is 70.5. The standard InChI is InChI=1S/C85H151N3O36/c1-5-7-9-11-13-15-17-19-20-21-22-23-24-25-26-28-30-32-34-36-38-40-60(99)88-51(52(96)39-37-35-33-31-29-27-18-16-14-12-10-8-6-2)47-113-80-71(108)69(106)74(58(46-93)118-80)120-82-73(110)78(67(104)57(45-92)116-82)123-83-72(109)77(66(103)56(44-91)117-83)122-79-62(87-50(4)95)75(65(102)55(43-90)115-79)121-81-70(107)68(105)64(101)59(119-81)48-114-85(84(111)112)41-53(97)61(86-49(3)94)76(124-85)63(100)54(98)42-89/h19-20,37,39,51-59,61-83,89-93,96-98,100-110H,5-18,21-36,38,40-48H2,1-4H3,(H,86,94)(H,87,95)(H,88,99)(H,111,112)/b20-19-,39-37+/t51-,52+,53?,54+,55?,56?,57?,58?,59?,61+,62?,63+,64-,65-,66-,67-,68-,69+,70?,71?,72?,73?,74+,75+,76?,77-,78-,79-,80+,81-,82-,83+,85+/m0/s1. The minimum absolute atomic E-state index is 0.156. The van der Waals surface area contributed by atoms with Crippen molar-refractivity contribution in [1.82, 2.24) is 16.0 Å². The molecule has 0 aromatic heterocycles. The first-order chi connectivity index (χ1) is 59.5. The lowest BCUT2D eigenvalue weighted by Crippen LogP contribution is -2.70. The number of aliphatic hydroxyl groups is 19. The van der Waals surface area contributed by atoms with Crippen LogP contribution < -0.4 is 16.0 Å². The van der Waals surface area contributed by atoms with E-state index in [1.807, 2.05) is 6.08 Å². The second-order valence-corrected chi connectivity index (χ2v) is 33.9.